The summed E-state index contributed by atoms with van der Waals surface area (Å²) in [4.78, 5) is 103. The van der Waals surface area contributed by atoms with Crippen LogP contribution in [0.3, 0.4) is 0 Å². The predicted molar refractivity (Wildman–Crippen MR) is 235 cm³/mol. The van der Waals surface area contributed by atoms with Crippen LogP contribution in [0, 0.1) is 5.41 Å². The first-order chi connectivity index (χ1) is 32.0. The Morgan fingerprint density at radius 2 is 0.636 bits per heavy atom. The normalized spacial score (nSPS) is 10.7. The minimum Gasteiger partial charge on any atom is -0.494 e. The van der Waals surface area contributed by atoms with Gasteiger partial charge in [-0.1, -0.05) is 85.5 Å². The largest absolute Gasteiger partial charge is 0.549 e. The van der Waals surface area contributed by atoms with E-state index in [1.54, 1.807) is 43.3 Å². The molecule has 0 aliphatic heterocycles. The third-order valence-electron chi connectivity index (χ3n) is 9.86. The van der Waals surface area contributed by atoms with Crippen LogP contribution < -0.4 is 14.2 Å². The van der Waals surface area contributed by atoms with E-state index in [0.29, 0.717) is 37.1 Å². The summed E-state index contributed by atoms with van der Waals surface area (Å²) in [5.74, 6) is -1.43. The van der Waals surface area contributed by atoms with Gasteiger partial charge in [0.2, 0.25) is 0 Å². The molecule has 0 saturated carbocycles. The third-order valence-corrected chi connectivity index (χ3v) is 9.86. The van der Waals surface area contributed by atoms with Gasteiger partial charge >= 0.3 is 36.4 Å². The lowest BCUT2D eigenvalue weighted by atomic mass is 9.88. The van der Waals surface area contributed by atoms with Gasteiger partial charge in [0.05, 0.1) is 41.9 Å². The molecule has 362 valence electrons. The Morgan fingerprint density at radius 1 is 0.364 bits per heavy atom. The van der Waals surface area contributed by atoms with Crippen LogP contribution in [0.4, 0.5) is 14.4 Å². The number of rotatable bonds is 28. The maximum Gasteiger partial charge on any atom is 0.549 e. The van der Waals surface area contributed by atoms with Crippen molar-refractivity contribution in [2.75, 3.05) is 39.6 Å². The van der Waals surface area contributed by atoms with Gasteiger partial charge in [-0.25, -0.2) is 43.7 Å². The summed E-state index contributed by atoms with van der Waals surface area (Å²) >= 11 is 0. The predicted octanol–water partition coefficient (Wildman–Crippen LogP) is 11.0. The van der Waals surface area contributed by atoms with Crippen LogP contribution in [0.25, 0.3) is 0 Å². The van der Waals surface area contributed by atoms with Crippen molar-refractivity contribution in [2.24, 2.45) is 5.41 Å². The molecule has 0 atom stereocenters. The van der Waals surface area contributed by atoms with Gasteiger partial charge in [-0.2, -0.15) is 14.4 Å². The summed E-state index contributed by atoms with van der Waals surface area (Å²) in [6.07, 6.45) is 7.95. The van der Waals surface area contributed by atoms with Crippen LogP contribution in [-0.4, -0.2) is 76.0 Å². The SMILES string of the molecule is CCCCCCOc1ccc(C(=O)OOC(=O)OCC(CC)(COC(=O)OOC(=O)c2ccc(OCCCCCC)cc2)COC(=O)OOC(=O)c2ccc(OCCCCCC)cc2)cc1. The summed E-state index contributed by atoms with van der Waals surface area (Å²) in [7, 11) is 0. The fourth-order valence-electron chi connectivity index (χ4n) is 5.72. The smallest absolute Gasteiger partial charge is 0.494 e. The van der Waals surface area contributed by atoms with E-state index in [-0.39, 0.29) is 23.1 Å². The molecule has 0 unspecified atom stereocenters. The monoisotopic (exact) mass is 926 g/mol. The van der Waals surface area contributed by atoms with Crippen LogP contribution in [0.15, 0.2) is 72.8 Å². The quantitative estimate of drug-likeness (QED) is 0.0218. The molecule has 66 heavy (non-hydrogen) atoms. The topological polar surface area (TPSA) is 213 Å². The van der Waals surface area contributed by atoms with E-state index >= 15 is 0 Å². The summed E-state index contributed by atoms with van der Waals surface area (Å²) in [6.45, 7) is 7.44. The molecule has 0 heterocycles. The molecule has 0 radical (unpaired) electrons. The number of benzene rings is 3. The van der Waals surface area contributed by atoms with Crippen molar-refractivity contribution in [3.05, 3.63) is 89.5 Å². The van der Waals surface area contributed by atoms with Gasteiger partial charge < -0.3 is 28.4 Å². The first-order valence-electron chi connectivity index (χ1n) is 22.4. The molecule has 18 heteroatoms. The average molecular weight is 927 g/mol. The van der Waals surface area contributed by atoms with Crippen molar-refractivity contribution < 1.29 is 86.5 Å². The highest BCUT2D eigenvalue weighted by Gasteiger charge is 2.36. The molecule has 0 spiro atoms. The van der Waals surface area contributed by atoms with E-state index in [1.807, 2.05) is 0 Å². The van der Waals surface area contributed by atoms with E-state index in [9.17, 15) is 28.8 Å². The molecule has 3 aromatic rings. The average Bonchev–Trinajstić information content (AvgIpc) is 3.34. The maximum absolute atomic E-state index is 12.6. The van der Waals surface area contributed by atoms with Crippen molar-refractivity contribution in [3.63, 3.8) is 0 Å². The third kappa shape index (κ3) is 21.3. The van der Waals surface area contributed by atoms with Crippen molar-refractivity contribution in [3.8, 4) is 17.2 Å². The lowest BCUT2D eigenvalue weighted by Gasteiger charge is -2.29. The van der Waals surface area contributed by atoms with Crippen molar-refractivity contribution in [1.82, 2.24) is 0 Å². The fraction of sp³-hybridized carbons (Fsp3) is 0.500. The Labute approximate surface area is 385 Å². The first kappa shape index (κ1) is 53.6. The van der Waals surface area contributed by atoms with Gasteiger partial charge in [-0.15, -0.1) is 0 Å². The molecule has 0 fully saturated rings. The minimum atomic E-state index is -1.56. The standard InChI is InChI=1S/C48H62O18/c1-5-9-12-15-30-55-39-24-18-36(19-25-39)42(49)61-64-45(52)58-33-48(8-4,34-59-46(53)65-62-43(50)37-20-26-40(27-21-37)56-31-16-13-10-6-2)35-60-47(54)66-63-44(51)38-22-28-41(29-23-38)57-32-17-14-11-7-3/h18-29H,5-17,30-35H2,1-4H3. The lowest BCUT2D eigenvalue weighted by Crippen LogP contribution is -2.39. The van der Waals surface area contributed by atoms with Gasteiger partial charge in [0.15, 0.2) is 0 Å². The molecular formula is C48H62O18. The van der Waals surface area contributed by atoms with Gasteiger partial charge in [-0.05, 0) is 98.5 Å². The number of carbonyl (C=O) groups is 6. The molecule has 3 rings (SSSR count). The Morgan fingerprint density at radius 3 is 0.879 bits per heavy atom. The summed E-state index contributed by atoms with van der Waals surface area (Å²) in [5, 5.41) is 0. The van der Waals surface area contributed by atoms with Crippen LogP contribution in [0.5, 0.6) is 17.2 Å². The van der Waals surface area contributed by atoms with Crippen LogP contribution in [-0.2, 0) is 43.5 Å². The summed E-state index contributed by atoms with van der Waals surface area (Å²) in [5.41, 5.74) is -1.42. The van der Waals surface area contributed by atoms with E-state index < -0.39 is 61.6 Å². The highest BCUT2D eigenvalue weighted by Crippen LogP contribution is 2.26. The summed E-state index contributed by atoms with van der Waals surface area (Å²) in [6, 6.07) is 17.9. The number of unbranched alkanes of at least 4 members (excludes halogenated alkanes) is 9. The highest BCUT2D eigenvalue weighted by atomic mass is 17.2. The van der Waals surface area contributed by atoms with Gasteiger partial charge in [0.1, 0.15) is 37.1 Å². The molecule has 0 aliphatic carbocycles. The van der Waals surface area contributed by atoms with Crippen LogP contribution in [0.2, 0.25) is 0 Å². The number of hydrogen-bond donors (Lipinski definition) is 0. The molecular weight excluding hydrogens is 865 g/mol. The van der Waals surface area contributed by atoms with Crippen molar-refractivity contribution in [1.29, 1.82) is 0 Å². The van der Waals surface area contributed by atoms with Crippen molar-refractivity contribution >= 4 is 36.4 Å². The van der Waals surface area contributed by atoms with Gasteiger partial charge in [0, 0.05) is 0 Å². The second kappa shape index (κ2) is 31.2. The Bertz CT molecular complexity index is 1680. The number of ether oxygens (including phenoxy) is 6. The molecule has 18 nitrogen and oxygen atoms in total. The lowest BCUT2D eigenvalue weighted by molar-refractivity contribution is -0.217. The molecule has 0 bridgehead atoms. The van der Waals surface area contributed by atoms with E-state index in [0.717, 1.165) is 77.0 Å². The Balaban J connectivity index is 1.55. The molecule has 0 N–H and O–H groups in total. The zero-order valence-corrected chi connectivity index (χ0v) is 38.2. The second-order valence-corrected chi connectivity index (χ2v) is 15.1. The van der Waals surface area contributed by atoms with Crippen LogP contribution >= 0.6 is 0 Å². The molecule has 0 saturated heterocycles. The summed E-state index contributed by atoms with van der Waals surface area (Å²) < 4.78 is 32.4. The van der Waals surface area contributed by atoms with Crippen molar-refractivity contribution in [2.45, 2.75) is 111 Å². The zero-order valence-electron chi connectivity index (χ0n) is 38.2. The number of hydrogen-bond acceptors (Lipinski definition) is 18. The second-order valence-electron chi connectivity index (χ2n) is 15.1. The van der Waals surface area contributed by atoms with E-state index in [1.165, 1.54) is 36.4 Å². The van der Waals surface area contributed by atoms with Gasteiger partial charge in [-0.3, -0.25) is 0 Å². The van der Waals surface area contributed by atoms with Gasteiger partial charge in [0.25, 0.3) is 0 Å². The fourth-order valence-corrected chi connectivity index (χ4v) is 5.72. The molecule has 0 amide bonds. The Hall–Kier alpha value is -6.72. The zero-order chi connectivity index (χ0) is 47.8. The molecule has 0 aliphatic rings. The molecule has 0 aromatic heterocycles. The molecule has 3 aromatic carbocycles. The first-order valence-corrected chi connectivity index (χ1v) is 22.4. The van der Waals surface area contributed by atoms with E-state index in [4.69, 9.17) is 28.4 Å². The van der Waals surface area contributed by atoms with Crippen LogP contribution in [0.1, 0.15) is 142 Å². The Kier molecular flexibility index (Phi) is 25.4. The van der Waals surface area contributed by atoms with E-state index in [2.05, 4.69) is 50.1 Å². The maximum atomic E-state index is 12.6. The highest BCUT2D eigenvalue weighted by molar-refractivity contribution is 5.90. The number of carbonyl (C=O) groups excluding carboxylic acids is 6. The minimum absolute atomic E-state index is 0.0206.